The van der Waals surface area contributed by atoms with E-state index in [0.717, 1.165) is 22.0 Å². The van der Waals surface area contributed by atoms with Crippen molar-refractivity contribution in [2.75, 3.05) is 6.61 Å². The normalized spacial score (nSPS) is 13.1. The largest absolute Gasteiger partial charge is 0.443 e. The zero-order valence-electron chi connectivity index (χ0n) is 14.3. The maximum absolute atomic E-state index is 12.5. The number of nitrogens with zero attached hydrogens (tertiary/aromatic N) is 1. The summed E-state index contributed by atoms with van der Waals surface area (Å²) >= 11 is 0. The lowest BCUT2D eigenvalue weighted by molar-refractivity contribution is 0.0544. The van der Waals surface area contributed by atoms with Gasteiger partial charge < -0.3 is 9.84 Å². The van der Waals surface area contributed by atoms with Crippen LogP contribution in [0.15, 0.2) is 42.6 Å². The number of rotatable bonds is 4. The van der Waals surface area contributed by atoms with Crippen LogP contribution in [0.25, 0.3) is 10.9 Å². The van der Waals surface area contributed by atoms with Crippen molar-refractivity contribution in [1.29, 1.82) is 0 Å². The van der Waals surface area contributed by atoms with Gasteiger partial charge in [0.25, 0.3) is 0 Å². The minimum absolute atomic E-state index is 0.00911. The van der Waals surface area contributed by atoms with Crippen LogP contribution in [-0.4, -0.2) is 28.0 Å². The highest BCUT2D eigenvalue weighted by molar-refractivity contribution is 5.92. The molecule has 1 N–H and O–H groups in total. The van der Waals surface area contributed by atoms with Gasteiger partial charge >= 0.3 is 6.09 Å². The van der Waals surface area contributed by atoms with Gasteiger partial charge in [-0.05, 0) is 45.7 Å². The highest BCUT2D eigenvalue weighted by atomic mass is 16.6. The van der Waals surface area contributed by atoms with Gasteiger partial charge in [-0.1, -0.05) is 23.8 Å². The summed E-state index contributed by atoms with van der Waals surface area (Å²) in [6, 6.07) is 7.67. The molecule has 0 aliphatic heterocycles. The lowest BCUT2D eigenvalue weighted by Crippen LogP contribution is -2.26. The van der Waals surface area contributed by atoms with Crippen LogP contribution in [0.3, 0.4) is 0 Å². The van der Waals surface area contributed by atoms with Gasteiger partial charge in [0.05, 0.1) is 12.1 Å². The second-order valence-corrected chi connectivity index (χ2v) is 6.99. The van der Waals surface area contributed by atoms with Gasteiger partial charge in [-0.25, -0.2) is 4.79 Å². The molecule has 0 amide bonds. The maximum atomic E-state index is 12.5. The maximum Gasteiger partial charge on any atom is 0.419 e. The molecule has 1 aromatic heterocycles. The molecule has 0 spiro atoms. The minimum Gasteiger partial charge on any atom is -0.443 e. The first-order valence-electron chi connectivity index (χ1n) is 7.81. The number of allylic oxidation sites excluding steroid dienone is 1. The highest BCUT2D eigenvalue weighted by Crippen LogP contribution is 2.31. The fourth-order valence-electron chi connectivity index (χ4n) is 2.69. The van der Waals surface area contributed by atoms with E-state index < -0.39 is 11.7 Å². The molecule has 1 aromatic carbocycles. The summed E-state index contributed by atoms with van der Waals surface area (Å²) in [5.41, 5.74) is 2.17. The summed E-state index contributed by atoms with van der Waals surface area (Å²) in [6.45, 7) is 11.4. The highest BCUT2D eigenvalue weighted by Gasteiger charge is 2.23. The number of hydrogen-bond donors (Lipinski definition) is 1. The fraction of sp³-hybridized carbons (Fsp3) is 0.421. The van der Waals surface area contributed by atoms with Gasteiger partial charge in [-0.3, -0.25) is 4.57 Å². The molecule has 2 aromatic rings. The molecular formula is C19H25NO3. The van der Waals surface area contributed by atoms with Crippen molar-refractivity contribution < 1.29 is 14.6 Å². The number of benzene rings is 1. The van der Waals surface area contributed by atoms with E-state index >= 15 is 0 Å². The Hall–Kier alpha value is -2.07. The lowest BCUT2D eigenvalue weighted by Gasteiger charge is -2.19. The van der Waals surface area contributed by atoms with Crippen LogP contribution in [-0.2, 0) is 4.74 Å². The van der Waals surface area contributed by atoms with Crippen LogP contribution in [0.5, 0.6) is 0 Å². The van der Waals surface area contributed by atoms with Crippen LogP contribution < -0.4 is 0 Å². The molecule has 2 rings (SSSR count). The zero-order valence-corrected chi connectivity index (χ0v) is 14.3. The first-order valence-corrected chi connectivity index (χ1v) is 7.81. The van der Waals surface area contributed by atoms with Crippen molar-refractivity contribution in [3.8, 4) is 0 Å². The van der Waals surface area contributed by atoms with Crippen LogP contribution in [0.4, 0.5) is 4.79 Å². The summed E-state index contributed by atoms with van der Waals surface area (Å²) in [7, 11) is 0. The van der Waals surface area contributed by atoms with Crippen LogP contribution in [0.2, 0.25) is 0 Å². The van der Waals surface area contributed by atoms with Crippen molar-refractivity contribution in [2.45, 2.75) is 45.6 Å². The van der Waals surface area contributed by atoms with E-state index in [1.807, 2.05) is 52.0 Å². The van der Waals surface area contributed by atoms with Gasteiger partial charge in [-0.15, -0.1) is 6.58 Å². The van der Waals surface area contributed by atoms with Crippen molar-refractivity contribution in [3.05, 3.63) is 48.2 Å². The molecule has 4 heteroatoms. The molecule has 0 bridgehead atoms. The van der Waals surface area contributed by atoms with Crippen molar-refractivity contribution >= 4 is 17.0 Å². The Bertz CT molecular complexity index is 722. The Balaban J connectivity index is 2.51. The third-order valence-corrected chi connectivity index (χ3v) is 3.59. The van der Waals surface area contributed by atoms with Crippen molar-refractivity contribution in [3.63, 3.8) is 0 Å². The molecule has 1 atom stereocenters. The number of aliphatic hydroxyl groups excluding tert-OH is 1. The Morgan fingerprint density at radius 2 is 2.00 bits per heavy atom. The van der Waals surface area contributed by atoms with E-state index in [1.54, 1.807) is 6.20 Å². The Morgan fingerprint density at radius 1 is 1.35 bits per heavy atom. The number of carbonyl (C=O) groups is 1. The van der Waals surface area contributed by atoms with Gasteiger partial charge in [0, 0.05) is 17.5 Å². The summed E-state index contributed by atoms with van der Waals surface area (Å²) in [5, 5.41) is 10.7. The monoisotopic (exact) mass is 315 g/mol. The number of hydrogen-bond acceptors (Lipinski definition) is 3. The average Bonchev–Trinajstić information content (AvgIpc) is 2.82. The first-order chi connectivity index (χ1) is 10.7. The second-order valence-electron chi connectivity index (χ2n) is 6.99. The van der Waals surface area contributed by atoms with Gasteiger partial charge in [0.15, 0.2) is 0 Å². The van der Waals surface area contributed by atoms with E-state index in [-0.39, 0.29) is 12.5 Å². The number of carbonyl (C=O) groups excluding carboxylic acids is 1. The SMILES string of the molecule is C=C(C)C[C@@H](CO)c1cn(C(=O)OC(C)(C)C)c2ccccc12. The molecule has 4 nitrogen and oxygen atoms in total. The van der Waals surface area contributed by atoms with Crippen LogP contribution in [0.1, 0.15) is 45.6 Å². The standard InChI is InChI=1S/C19H25NO3/c1-13(2)10-14(12-21)16-11-20(18(22)23-19(3,4)5)17-9-7-6-8-15(16)17/h6-9,11,14,21H,1,10,12H2,2-5H3/t14-/m0/s1. The number of aromatic nitrogens is 1. The molecule has 0 unspecified atom stereocenters. The lowest BCUT2D eigenvalue weighted by atomic mass is 9.93. The summed E-state index contributed by atoms with van der Waals surface area (Å²) in [6.07, 6.45) is 2.05. The molecular weight excluding hydrogens is 290 g/mol. The van der Waals surface area contributed by atoms with Crippen LogP contribution >= 0.6 is 0 Å². The topological polar surface area (TPSA) is 51.5 Å². The number of para-hydroxylation sites is 1. The molecule has 0 fully saturated rings. The average molecular weight is 315 g/mol. The van der Waals surface area contributed by atoms with E-state index in [0.29, 0.717) is 6.42 Å². The first kappa shape index (κ1) is 17.3. The summed E-state index contributed by atoms with van der Waals surface area (Å²) in [4.78, 5) is 12.5. The van der Waals surface area contributed by atoms with Crippen molar-refractivity contribution in [2.24, 2.45) is 0 Å². The van der Waals surface area contributed by atoms with Crippen LogP contribution in [0, 0.1) is 0 Å². The smallest absolute Gasteiger partial charge is 0.419 e. The molecule has 124 valence electrons. The van der Waals surface area contributed by atoms with E-state index in [4.69, 9.17) is 4.74 Å². The number of fused-ring (bicyclic) bond motifs is 1. The van der Waals surface area contributed by atoms with E-state index in [2.05, 4.69) is 6.58 Å². The Kier molecular flexibility index (Phi) is 4.95. The molecule has 0 aliphatic rings. The molecule has 0 aliphatic carbocycles. The molecule has 1 heterocycles. The van der Waals surface area contributed by atoms with E-state index in [9.17, 15) is 9.90 Å². The quantitative estimate of drug-likeness (QED) is 0.847. The molecule has 23 heavy (non-hydrogen) atoms. The van der Waals surface area contributed by atoms with Gasteiger partial charge in [-0.2, -0.15) is 0 Å². The predicted octanol–water partition coefficient (Wildman–Crippen LogP) is 4.47. The zero-order chi connectivity index (χ0) is 17.2. The minimum atomic E-state index is -0.559. The number of ether oxygens (including phenoxy) is 1. The van der Waals surface area contributed by atoms with E-state index in [1.165, 1.54) is 4.57 Å². The molecule has 0 saturated heterocycles. The third kappa shape index (κ3) is 4.02. The summed E-state index contributed by atoms with van der Waals surface area (Å²) < 4.78 is 7.01. The fourth-order valence-corrected chi connectivity index (χ4v) is 2.69. The molecule has 0 saturated carbocycles. The summed E-state index contributed by atoms with van der Waals surface area (Å²) in [5.74, 6) is -0.0823. The Morgan fingerprint density at radius 3 is 2.57 bits per heavy atom. The van der Waals surface area contributed by atoms with Crippen molar-refractivity contribution in [1.82, 2.24) is 4.57 Å². The molecule has 0 radical (unpaired) electrons. The predicted molar refractivity (Wildman–Crippen MR) is 92.8 cm³/mol. The number of aliphatic hydroxyl groups is 1. The second kappa shape index (κ2) is 6.59. The Labute approximate surface area is 137 Å². The van der Waals surface area contributed by atoms with Gasteiger partial charge in [0.2, 0.25) is 0 Å². The third-order valence-electron chi connectivity index (χ3n) is 3.59. The van der Waals surface area contributed by atoms with Gasteiger partial charge in [0.1, 0.15) is 5.60 Å².